The molecular formula is C11H11ClN2O3. The lowest BCUT2D eigenvalue weighted by Gasteiger charge is -2.05. The van der Waals surface area contributed by atoms with E-state index >= 15 is 0 Å². The van der Waals surface area contributed by atoms with Gasteiger partial charge in [0.2, 0.25) is 0 Å². The molecule has 0 aromatic carbocycles. The van der Waals surface area contributed by atoms with Crippen molar-refractivity contribution in [3.05, 3.63) is 35.2 Å². The molecule has 2 heterocycles. The zero-order valence-electron chi connectivity index (χ0n) is 9.13. The molecular weight excluding hydrogens is 244 g/mol. The Bertz CT molecular complexity index is 553. The van der Waals surface area contributed by atoms with Crippen LogP contribution in [-0.4, -0.2) is 26.6 Å². The van der Waals surface area contributed by atoms with Gasteiger partial charge in [-0.25, -0.2) is 9.78 Å². The molecule has 0 bridgehead atoms. The minimum atomic E-state index is -0.989. The van der Waals surface area contributed by atoms with E-state index in [1.54, 1.807) is 28.9 Å². The van der Waals surface area contributed by atoms with Crippen LogP contribution in [0.3, 0.4) is 0 Å². The lowest BCUT2D eigenvalue weighted by Crippen LogP contribution is -2.19. The smallest absolute Gasteiger partial charge is 0.332 e. The van der Waals surface area contributed by atoms with Crippen LogP contribution in [0.4, 0.5) is 0 Å². The van der Waals surface area contributed by atoms with Crippen LogP contribution in [0.5, 0.6) is 0 Å². The Kier molecular flexibility index (Phi) is 3.31. The first-order valence-electron chi connectivity index (χ1n) is 5.04. The molecule has 1 atom stereocenters. The molecule has 0 radical (unpaired) electrons. The standard InChI is InChI=1S/C11H11ClN2O3/c1-7(11(15)16)17-6-9-5-14-4-8(12)2-3-10(14)13-9/h2-5,7H,6H2,1H3,(H,15,16)/t7-/m0/s1. The van der Waals surface area contributed by atoms with Crippen molar-refractivity contribution in [3.63, 3.8) is 0 Å². The first kappa shape index (κ1) is 11.9. The number of pyridine rings is 1. The van der Waals surface area contributed by atoms with Gasteiger partial charge in [-0.15, -0.1) is 0 Å². The molecule has 0 unspecified atom stereocenters. The highest BCUT2D eigenvalue weighted by Crippen LogP contribution is 2.12. The normalized spacial score (nSPS) is 12.8. The van der Waals surface area contributed by atoms with E-state index in [1.165, 1.54) is 6.92 Å². The summed E-state index contributed by atoms with van der Waals surface area (Å²) in [6, 6.07) is 3.53. The number of ether oxygens (including phenoxy) is 1. The van der Waals surface area contributed by atoms with E-state index in [9.17, 15) is 4.79 Å². The summed E-state index contributed by atoms with van der Waals surface area (Å²) >= 11 is 5.84. The molecule has 90 valence electrons. The fourth-order valence-electron chi connectivity index (χ4n) is 1.37. The van der Waals surface area contributed by atoms with E-state index in [1.807, 2.05) is 0 Å². The summed E-state index contributed by atoms with van der Waals surface area (Å²) in [5.74, 6) is -0.989. The van der Waals surface area contributed by atoms with Crippen molar-refractivity contribution >= 4 is 23.2 Å². The minimum absolute atomic E-state index is 0.159. The number of hydrogen-bond acceptors (Lipinski definition) is 3. The number of carboxylic acids is 1. The number of rotatable bonds is 4. The summed E-state index contributed by atoms with van der Waals surface area (Å²) in [4.78, 5) is 14.8. The average Bonchev–Trinajstić information content (AvgIpc) is 2.67. The minimum Gasteiger partial charge on any atom is -0.479 e. The Balaban J connectivity index is 2.12. The second kappa shape index (κ2) is 4.73. The predicted molar refractivity (Wildman–Crippen MR) is 62.1 cm³/mol. The molecule has 0 saturated heterocycles. The zero-order chi connectivity index (χ0) is 12.4. The highest BCUT2D eigenvalue weighted by Gasteiger charge is 2.12. The van der Waals surface area contributed by atoms with Crippen LogP contribution in [0.25, 0.3) is 5.65 Å². The average molecular weight is 255 g/mol. The zero-order valence-corrected chi connectivity index (χ0v) is 9.89. The predicted octanol–water partition coefficient (Wildman–Crippen LogP) is 1.98. The number of nitrogens with zero attached hydrogens (tertiary/aromatic N) is 2. The van der Waals surface area contributed by atoms with Gasteiger partial charge in [-0.1, -0.05) is 11.6 Å². The van der Waals surface area contributed by atoms with Crippen molar-refractivity contribution in [2.24, 2.45) is 0 Å². The van der Waals surface area contributed by atoms with Crippen molar-refractivity contribution in [1.29, 1.82) is 0 Å². The van der Waals surface area contributed by atoms with Crippen molar-refractivity contribution in [1.82, 2.24) is 9.38 Å². The lowest BCUT2D eigenvalue weighted by molar-refractivity contribution is -0.149. The number of carboxylic acid groups (broad SMARTS) is 1. The Hall–Kier alpha value is -1.59. The summed E-state index contributed by atoms with van der Waals surface area (Å²) < 4.78 is 6.91. The summed E-state index contributed by atoms with van der Waals surface area (Å²) in [6.45, 7) is 1.64. The topological polar surface area (TPSA) is 63.8 Å². The van der Waals surface area contributed by atoms with Gasteiger partial charge in [-0.05, 0) is 19.1 Å². The summed E-state index contributed by atoms with van der Waals surface area (Å²) in [7, 11) is 0. The van der Waals surface area contributed by atoms with E-state index in [4.69, 9.17) is 21.4 Å². The molecule has 0 aliphatic heterocycles. The van der Waals surface area contributed by atoms with Crippen molar-refractivity contribution in [2.45, 2.75) is 19.6 Å². The molecule has 6 heteroatoms. The maximum atomic E-state index is 10.6. The first-order valence-corrected chi connectivity index (χ1v) is 5.41. The molecule has 0 amide bonds. The lowest BCUT2D eigenvalue weighted by atomic mass is 10.4. The highest BCUT2D eigenvalue weighted by atomic mass is 35.5. The fraction of sp³-hybridized carbons (Fsp3) is 0.273. The SMILES string of the molecule is C[C@H](OCc1cn2cc(Cl)ccc2n1)C(=O)O. The Labute approximate surface area is 103 Å². The molecule has 2 aromatic heterocycles. The van der Waals surface area contributed by atoms with Crippen LogP contribution < -0.4 is 0 Å². The van der Waals surface area contributed by atoms with E-state index in [0.717, 1.165) is 5.65 Å². The van der Waals surface area contributed by atoms with E-state index in [0.29, 0.717) is 10.7 Å². The number of aromatic nitrogens is 2. The van der Waals surface area contributed by atoms with Crippen LogP contribution in [0.15, 0.2) is 24.5 Å². The van der Waals surface area contributed by atoms with E-state index < -0.39 is 12.1 Å². The number of aliphatic carboxylic acids is 1. The van der Waals surface area contributed by atoms with Crippen LogP contribution >= 0.6 is 11.6 Å². The van der Waals surface area contributed by atoms with Gasteiger partial charge in [0, 0.05) is 12.4 Å². The van der Waals surface area contributed by atoms with Crippen molar-refractivity contribution < 1.29 is 14.6 Å². The van der Waals surface area contributed by atoms with Crippen molar-refractivity contribution in [3.8, 4) is 0 Å². The molecule has 0 fully saturated rings. The summed E-state index contributed by atoms with van der Waals surface area (Å²) in [5, 5.41) is 9.28. The number of halogens is 1. The third kappa shape index (κ3) is 2.75. The molecule has 0 spiro atoms. The maximum absolute atomic E-state index is 10.6. The number of imidazole rings is 1. The van der Waals surface area contributed by atoms with Crippen LogP contribution in [-0.2, 0) is 16.1 Å². The van der Waals surface area contributed by atoms with Crippen LogP contribution in [0.1, 0.15) is 12.6 Å². The van der Waals surface area contributed by atoms with Gasteiger partial charge in [0.05, 0.1) is 17.3 Å². The number of carbonyl (C=O) groups is 1. The largest absolute Gasteiger partial charge is 0.479 e. The second-order valence-corrected chi connectivity index (χ2v) is 4.07. The quantitative estimate of drug-likeness (QED) is 0.906. The molecule has 0 aliphatic carbocycles. The van der Waals surface area contributed by atoms with Crippen LogP contribution in [0, 0.1) is 0 Å². The monoisotopic (exact) mass is 254 g/mol. The van der Waals surface area contributed by atoms with Crippen molar-refractivity contribution in [2.75, 3.05) is 0 Å². The van der Waals surface area contributed by atoms with Gasteiger partial charge in [0.1, 0.15) is 5.65 Å². The summed E-state index contributed by atoms with van der Waals surface area (Å²) in [6.07, 6.45) is 2.65. The molecule has 2 aromatic rings. The third-order valence-corrected chi connectivity index (χ3v) is 2.52. The van der Waals surface area contributed by atoms with Gasteiger partial charge in [-0.3, -0.25) is 0 Å². The maximum Gasteiger partial charge on any atom is 0.332 e. The molecule has 2 rings (SSSR count). The van der Waals surface area contributed by atoms with Gasteiger partial charge < -0.3 is 14.2 Å². The molecule has 5 nitrogen and oxygen atoms in total. The molecule has 1 N–H and O–H groups in total. The van der Waals surface area contributed by atoms with Gasteiger partial charge >= 0.3 is 5.97 Å². The molecule has 0 aliphatic rings. The molecule has 17 heavy (non-hydrogen) atoms. The van der Waals surface area contributed by atoms with Gasteiger partial charge in [0.15, 0.2) is 6.10 Å². The van der Waals surface area contributed by atoms with E-state index in [2.05, 4.69) is 4.98 Å². The van der Waals surface area contributed by atoms with Gasteiger partial charge in [-0.2, -0.15) is 0 Å². The number of hydrogen-bond donors (Lipinski definition) is 1. The molecule has 0 saturated carbocycles. The fourth-order valence-corrected chi connectivity index (χ4v) is 1.54. The summed E-state index contributed by atoms with van der Waals surface area (Å²) in [5.41, 5.74) is 1.41. The first-order chi connectivity index (χ1) is 8.06. The number of fused-ring (bicyclic) bond motifs is 1. The van der Waals surface area contributed by atoms with Gasteiger partial charge in [0.25, 0.3) is 0 Å². The van der Waals surface area contributed by atoms with E-state index in [-0.39, 0.29) is 6.61 Å². The highest BCUT2D eigenvalue weighted by molar-refractivity contribution is 6.30. The Morgan fingerprint density at radius 1 is 1.59 bits per heavy atom. The Morgan fingerprint density at radius 3 is 3.06 bits per heavy atom. The third-order valence-electron chi connectivity index (χ3n) is 2.29. The second-order valence-electron chi connectivity index (χ2n) is 3.64. The Morgan fingerprint density at radius 2 is 2.35 bits per heavy atom. The van der Waals surface area contributed by atoms with Crippen LogP contribution in [0.2, 0.25) is 5.02 Å².